The largest absolute Gasteiger partial charge is 0.490 e. The van der Waals surface area contributed by atoms with Crippen LogP contribution < -0.4 is 14.8 Å². The SMILES string of the molecule is CCOc1ccc(CC(=O)OCC(=O)Nc2ccc(C)c(Cl)c2)cc1OCC. The monoisotopic (exact) mass is 405 g/mol. The van der Waals surface area contributed by atoms with Gasteiger partial charge < -0.3 is 19.5 Å². The summed E-state index contributed by atoms with van der Waals surface area (Å²) in [6.07, 6.45) is 0.0239. The lowest BCUT2D eigenvalue weighted by Crippen LogP contribution is -2.21. The molecule has 0 aliphatic rings. The third kappa shape index (κ3) is 6.46. The molecule has 0 unspecified atom stereocenters. The lowest BCUT2D eigenvalue weighted by Gasteiger charge is -2.12. The van der Waals surface area contributed by atoms with E-state index < -0.39 is 11.9 Å². The maximum atomic E-state index is 12.1. The van der Waals surface area contributed by atoms with Crippen LogP contribution in [0.25, 0.3) is 0 Å². The predicted molar refractivity (Wildman–Crippen MR) is 108 cm³/mol. The topological polar surface area (TPSA) is 73.9 Å². The highest BCUT2D eigenvalue weighted by atomic mass is 35.5. The number of hydrogen-bond donors (Lipinski definition) is 1. The lowest BCUT2D eigenvalue weighted by atomic mass is 10.1. The summed E-state index contributed by atoms with van der Waals surface area (Å²) < 4.78 is 16.1. The van der Waals surface area contributed by atoms with Crippen LogP contribution in [0.15, 0.2) is 36.4 Å². The van der Waals surface area contributed by atoms with E-state index in [1.807, 2.05) is 20.8 Å². The van der Waals surface area contributed by atoms with Crippen LogP contribution in [-0.2, 0) is 20.7 Å². The number of halogens is 1. The highest BCUT2D eigenvalue weighted by Crippen LogP contribution is 2.28. The molecule has 0 atom stereocenters. The van der Waals surface area contributed by atoms with Gasteiger partial charge in [-0.05, 0) is 56.2 Å². The number of aryl methyl sites for hydroxylation is 1. The van der Waals surface area contributed by atoms with Crippen molar-refractivity contribution in [3.8, 4) is 11.5 Å². The summed E-state index contributed by atoms with van der Waals surface area (Å²) in [5, 5.41) is 3.19. The lowest BCUT2D eigenvalue weighted by molar-refractivity contribution is -0.146. The van der Waals surface area contributed by atoms with Crippen LogP contribution in [0.5, 0.6) is 11.5 Å². The molecule has 1 N–H and O–H groups in total. The molecule has 28 heavy (non-hydrogen) atoms. The molecule has 7 heteroatoms. The smallest absolute Gasteiger partial charge is 0.310 e. The Labute approximate surface area is 169 Å². The van der Waals surface area contributed by atoms with Gasteiger partial charge in [0, 0.05) is 10.7 Å². The molecule has 2 aromatic rings. The minimum atomic E-state index is -0.510. The van der Waals surface area contributed by atoms with Crippen molar-refractivity contribution in [2.24, 2.45) is 0 Å². The van der Waals surface area contributed by atoms with Crippen molar-refractivity contribution in [1.29, 1.82) is 0 Å². The van der Waals surface area contributed by atoms with Gasteiger partial charge in [-0.1, -0.05) is 23.7 Å². The average molecular weight is 406 g/mol. The molecule has 1 amide bonds. The van der Waals surface area contributed by atoms with Crippen LogP contribution >= 0.6 is 11.6 Å². The van der Waals surface area contributed by atoms with E-state index in [9.17, 15) is 9.59 Å². The molecule has 0 spiro atoms. The van der Waals surface area contributed by atoms with E-state index in [1.54, 1.807) is 36.4 Å². The van der Waals surface area contributed by atoms with E-state index in [0.29, 0.717) is 41.0 Å². The second-order valence-corrected chi connectivity index (χ2v) is 6.40. The Bertz CT molecular complexity index is 838. The van der Waals surface area contributed by atoms with Crippen LogP contribution in [0.2, 0.25) is 5.02 Å². The van der Waals surface area contributed by atoms with Crippen molar-refractivity contribution in [2.75, 3.05) is 25.1 Å². The summed E-state index contributed by atoms with van der Waals surface area (Å²) in [5.41, 5.74) is 2.17. The number of hydrogen-bond acceptors (Lipinski definition) is 5. The van der Waals surface area contributed by atoms with Crippen LogP contribution in [0.3, 0.4) is 0 Å². The van der Waals surface area contributed by atoms with E-state index in [0.717, 1.165) is 5.56 Å². The number of benzene rings is 2. The van der Waals surface area contributed by atoms with Gasteiger partial charge in [0.25, 0.3) is 5.91 Å². The van der Waals surface area contributed by atoms with Crippen LogP contribution in [0.4, 0.5) is 5.69 Å². The standard InChI is InChI=1S/C21H24ClNO5/c1-4-26-18-9-7-15(10-19(18)27-5-2)11-21(25)28-13-20(24)23-16-8-6-14(3)17(22)12-16/h6-10,12H,4-5,11,13H2,1-3H3,(H,23,24). The first-order valence-electron chi connectivity index (χ1n) is 9.03. The molecule has 0 aliphatic heterocycles. The number of amides is 1. The van der Waals surface area contributed by atoms with Crippen molar-refractivity contribution in [3.05, 3.63) is 52.5 Å². The fourth-order valence-corrected chi connectivity index (χ4v) is 2.62. The summed E-state index contributed by atoms with van der Waals surface area (Å²) in [6, 6.07) is 10.4. The first-order valence-corrected chi connectivity index (χ1v) is 9.40. The fourth-order valence-electron chi connectivity index (χ4n) is 2.44. The van der Waals surface area contributed by atoms with Gasteiger partial charge in [-0.2, -0.15) is 0 Å². The zero-order valence-corrected chi connectivity index (χ0v) is 17.0. The molecule has 0 saturated carbocycles. The quantitative estimate of drug-likeness (QED) is 0.634. The number of carbonyl (C=O) groups is 2. The van der Waals surface area contributed by atoms with Gasteiger partial charge >= 0.3 is 5.97 Å². The van der Waals surface area contributed by atoms with Crippen molar-refractivity contribution in [3.63, 3.8) is 0 Å². The maximum Gasteiger partial charge on any atom is 0.310 e. The van der Waals surface area contributed by atoms with Crippen molar-refractivity contribution < 1.29 is 23.8 Å². The molecule has 0 aromatic heterocycles. The first kappa shape index (κ1) is 21.6. The number of esters is 1. The molecular formula is C21H24ClNO5. The van der Waals surface area contributed by atoms with E-state index in [4.69, 9.17) is 25.8 Å². The average Bonchev–Trinajstić information content (AvgIpc) is 2.65. The van der Waals surface area contributed by atoms with Crippen molar-refractivity contribution in [2.45, 2.75) is 27.2 Å². The predicted octanol–water partition coefficient (Wildman–Crippen LogP) is 4.17. The summed E-state index contributed by atoms with van der Waals surface area (Å²) in [5.74, 6) is 0.250. The first-order chi connectivity index (χ1) is 13.4. The Morgan fingerprint density at radius 2 is 1.71 bits per heavy atom. The molecule has 0 heterocycles. The molecular weight excluding hydrogens is 382 g/mol. The van der Waals surface area contributed by atoms with E-state index in [2.05, 4.69) is 5.32 Å². The summed E-state index contributed by atoms with van der Waals surface area (Å²) in [7, 11) is 0. The summed E-state index contributed by atoms with van der Waals surface area (Å²) >= 11 is 6.03. The molecule has 0 aliphatic carbocycles. The van der Waals surface area contributed by atoms with Crippen LogP contribution in [0, 0.1) is 6.92 Å². The number of rotatable bonds is 9. The Morgan fingerprint density at radius 3 is 2.39 bits per heavy atom. The van der Waals surface area contributed by atoms with Crippen LogP contribution in [0.1, 0.15) is 25.0 Å². The molecule has 0 fully saturated rings. The number of nitrogens with one attached hydrogen (secondary N) is 1. The molecule has 2 aromatic carbocycles. The highest BCUT2D eigenvalue weighted by Gasteiger charge is 2.12. The third-order valence-electron chi connectivity index (χ3n) is 3.78. The Morgan fingerprint density at radius 1 is 1.00 bits per heavy atom. The number of anilines is 1. The van der Waals surface area contributed by atoms with Crippen molar-refractivity contribution in [1.82, 2.24) is 0 Å². The van der Waals surface area contributed by atoms with E-state index >= 15 is 0 Å². The fraction of sp³-hybridized carbons (Fsp3) is 0.333. The minimum Gasteiger partial charge on any atom is -0.490 e. The second kappa shape index (κ2) is 10.6. The Balaban J connectivity index is 1.88. The normalized spacial score (nSPS) is 10.3. The molecule has 2 rings (SSSR count). The maximum absolute atomic E-state index is 12.1. The van der Waals surface area contributed by atoms with Gasteiger partial charge in [-0.25, -0.2) is 0 Å². The zero-order chi connectivity index (χ0) is 20.5. The highest BCUT2D eigenvalue weighted by molar-refractivity contribution is 6.31. The molecule has 0 bridgehead atoms. The Kier molecular flexibility index (Phi) is 8.14. The minimum absolute atomic E-state index is 0.0239. The summed E-state index contributed by atoms with van der Waals surface area (Å²) in [4.78, 5) is 24.0. The molecule has 150 valence electrons. The molecule has 6 nitrogen and oxygen atoms in total. The number of ether oxygens (including phenoxy) is 3. The Hall–Kier alpha value is -2.73. The van der Waals surface area contributed by atoms with Gasteiger partial charge in [0.05, 0.1) is 19.6 Å². The van der Waals surface area contributed by atoms with Crippen molar-refractivity contribution >= 4 is 29.2 Å². The van der Waals surface area contributed by atoms with Gasteiger partial charge in [-0.3, -0.25) is 9.59 Å². The van der Waals surface area contributed by atoms with Gasteiger partial charge in [0.15, 0.2) is 18.1 Å². The second-order valence-electron chi connectivity index (χ2n) is 6.00. The third-order valence-corrected chi connectivity index (χ3v) is 4.18. The summed E-state index contributed by atoms with van der Waals surface area (Å²) in [6.45, 7) is 6.25. The van der Waals surface area contributed by atoms with E-state index in [-0.39, 0.29) is 13.0 Å². The molecule has 0 radical (unpaired) electrons. The zero-order valence-electron chi connectivity index (χ0n) is 16.2. The van der Waals surface area contributed by atoms with Crippen LogP contribution in [-0.4, -0.2) is 31.7 Å². The molecule has 0 saturated heterocycles. The van der Waals surface area contributed by atoms with E-state index in [1.165, 1.54) is 0 Å². The number of carbonyl (C=O) groups excluding carboxylic acids is 2. The van der Waals surface area contributed by atoms with Gasteiger partial charge in [0.2, 0.25) is 0 Å². The van der Waals surface area contributed by atoms with Gasteiger partial charge in [-0.15, -0.1) is 0 Å². The van der Waals surface area contributed by atoms with Gasteiger partial charge in [0.1, 0.15) is 0 Å².